The van der Waals surface area contributed by atoms with E-state index in [-0.39, 0.29) is 11.0 Å². The minimum absolute atomic E-state index is 0.120. The first-order valence-corrected chi connectivity index (χ1v) is 6.70. The molecule has 1 heterocycles. The maximum atomic E-state index is 6.26. The molecule has 0 bridgehead atoms. The molecular weight excluding hydrogens is 228 g/mol. The number of benzene rings is 1. The van der Waals surface area contributed by atoms with Crippen LogP contribution in [0.5, 0.6) is 0 Å². The summed E-state index contributed by atoms with van der Waals surface area (Å²) in [7, 11) is 0. The van der Waals surface area contributed by atoms with Gasteiger partial charge in [0.2, 0.25) is 0 Å². The summed E-state index contributed by atoms with van der Waals surface area (Å²) in [6, 6.07) is 6.41. The lowest BCUT2D eigenvalue weighted by Crippen LogP contribution is -2.50. The second-order valence-corrected chi connectivity index (χ2v) is 6.87. The zero-order valence-electron chi connectivity index (χ0n) is 11.2. The van der Waals surface area contributed by atoms with Gasteiger partial charge in [0.1, 0.15) is 5.01 Å². The number of rotatable bonds is 2. The molecule has 0 aliphatic carbocycles. The van der Waals surface area contributed by atoms with Crippen LogP contribution in [-0.2, 0) is 5.41 Å². The summed E-state index contributed by atoms with van der Waals surface area (Å²) in [5, 5.41) is 1.12. The van der Waals surface area contributed by atoms with Crippen molar-refractivity contribution in [2.75, 3.05) is 0 Å². The van der Waals surface area contributed by atoms with Crippen molar-refractivity contribution in [2.45, 2.75) is 45.6 Å². The highest BCUT2D eigenvalue weighted by atomic mass is 32.1. The number of hydrogen-bond donors (Lipinski definition) is 1. The Hall–Kier alpha value is -0.930. The van der Waals surface area contributed by atoms with Crippen molar-refractivity contribution in [3.8, 4) is 0 Å². The zero-order valence-corrected chi connectivity index (χ0v) is 12.0. The van der Waals surface area contributed by atoms with Crippen LogP contribution in [0.15, 0.2) is 18.2 Å². The lowest BCUT2D eigenvalue weighted by Gasteiger charge is -2.36. The summed E-state index contributed by atoms with van der Waals surface area (Å²) in [5.74, 6) is 0. The van der Waals surface area contributed by atoms with Crippen molar-refractivity contribution in [2.24, 2.45) is 5.73 Å². The predicted octanol–water partition coefficient (Wildman–Crippen LogP) is 3.62. The van der Waals surface area contributed by atoms with Crippen molar-refractivity contribution < 1.29 is 0 Å². The third-order valence-electron chi connectivity index (χ3n) is 3.69. The second-order valence-electron chi connectivity index (χ2n) is 5.84. The molecule has 3 heteroatoms. The van der Waals surface area contributed by atoms with E-state index < -0.39 is 0 Å². The van der Waals surface area contributed by atoms with E-state index in [1.807, 2.05) is 0 Å². The van der Waals surface area contributed by atoms with Crippen molar-refractivity contribution in [3.05, 3.63) is 28.8 Å². The van der Waals surface area contributed by atoms with Gasteiger partial charge in [0.05, 0.1) is 10.2 Å². The number of nitrogens with zero attached hydrogens (tertiary/aromatic N) is 1. The first kappa shape index (κ1) is 12.5. The molecule has 1 aromatic heterocycles. The Bertz CT molecular complexity index is 547. The van der Waals surface area contributed by atoms with E-state index in [0.29, 0.717) is 0 Å². The Morgan fingerprint density at radius 2 is 1.82 bits per heavy atom. The van der Waals surface area contributed by atoms with Gasteiger partial charge in [-0.2, -0.15) is 0 Å². The van der Waals surface area contributed by atoms with Crippen molar-refractivity contribution in [1.29, 1.82) is 0 Å². The highest BCUT2D eigenvalue weighted by Gasteiger charge is 2.37. The predicted molar refractivity (Wildman–Crippen MR) is 75.6 cm³/mol. The van der Waals surface area contributed by atoms with Gasteiger partial charge in [-0.25, -0.2) is 4.98 Å². The molecule has 0 radical (unpaired) electrons. The standard InChI is InChI=1S/C14H20N2S/c1-9-6-7-11-10(8-9)16-12(17-11)13(2,3)14(4,5)15/h6-8H,15H2,1-5H3. The van der Waals surface area contributed by atoms with Crippen LogP contribution in [0.4, 0.5) is 0 Å². The van der Waals surface area contributed by atoms with Crippen LogP contribution in [0.2, 0.25) is 0 Å². The fourth-order valence-corrected chi connectivity index (χ4v) is 2.80. The quantitative estimate of drug-likeness (QED) is 0.881. The van der Waals surface area contributed by atoms with Crippen LogP contribution in [0, 0.1) is 6.92 Å². The Labute approximate surface area is 107 Å². The average molecular weight is 248 g/mol. The minimum Gasteiger partial charge on any atom is -0.325 e. The molecule has 0 saturated heterocycles. The highest BCUT2D eigenvalue weighted by Crippen LogP contribution is 2.37. The van der Waals surface area contributed by atoms with E-state index >= 15 is 0 Å². The Morgan fingerprint density at radius 3 is 2.41 bits per heavy atom. The minimum atomic E-state index is -0.282. The largest absolute Gasteiger partial charge is 0.325 e. The average Bonchev–Trinajstić information content (AvgIpc) is 2.58. The lowest BCUT2D eigenvalue weighted by molar-refractivity contribution is 0.306. The smallest absolute Gasteiger partial charge is 0.101 e. The summed E-state index contributed by atoms with van der Waals surface area (Å²) in [5.41, 5.74) is 8.20. The van der Waals surface area contributed by atoms with Crippen molar-refractivity contribution >= 4 is 21.6 Å². The van der Waals surface area contributed by atoms with Gasteiger partial charge >= 0.3 is 0 Å². The number of fused-ring (bicyclic) bond motifs is 1. The molecule has 0 amide bonds. The van der Waals surface area contributed by atoms with Gasteiger partial charge in [-0.1, -0.05) is 19.9 Å². The number of aromatic nitrogens is 1. The van der Waals surface area contributed by atoms with Gasteiger partial charge in [-0.15, -0.1) is 11.3 Å². The number of nitrogens with two attached hydrogens (primary N) is 1. The van der Waals surface area contributed by atoms with E-state index in [1.54, 1.807) is 11.3 Å². The molecule has 1 aromatic carbocycles. The molecule has 2 N–H and O–H groups in total. The summed E-state index contributed by atoms with van der Waals surface area (Å²) < 4.78 is 1.24. The van der Waals surface area contributed by atoms with Crippen molar-refractivity contribution in [1.82, 2.24) is 4.98 Å². The van der Waals surface area contributed by atoms with Gasteiger partial charge in [0, 0.05) is 11.0 Å². The number of hydrogen-bond acceptors (Lipinski definition) is 3. The first-order chi connectivity index (χ1) is 7.72. The van der Waals surface area contributed by atoms with Gasteiger partial charge in [0.15, 0.2) is 0 Å². The molecular formula is C14H20N2S. The van der Waals surface area contributed by atoms with Crippen molar-refractivity contribution in [3.63, 3.8) is 0 Å². The Balaban J connectivity index is 2.57. The summed E-state index contributed by atoms with van der Waals surface area (Å²) in [4.78, 5) is 4.75. The van der Waals surface area contributed by atoms with Gasteiger partial charge in [0.25, 0.3) is 0 Å². The molecule has 0 unspecified atom stereocenters. The van der Waals surface area contributed by atoms with E-state index in [1.165, 1.54) is 10.3 Å². The normalized spacial score (nSPS) is 13.3. The Kier molecular flexibility index (Phi) is 2.79. The van der Waals surface area contributed by atoms with Gasteiger partial charge in [-0.05, 0) is 38.5 Å². The molecule has 0 aliphatic rings. The fraction of sp³-hybridized carbons (Fsp3) is 0.500. The second kappa shape index (κ2) is 3.79. The third-order valence-corrected chi connectivity index (χ3v) is 5.05. The topological polar surface area (TPSA) is 38.9 Å². The summed E-state index contributed by atoms with van der Waals surface area (Å²) in [6.45, 7) is 10.5. The molecule has 0 atom stereocenters. The third kappa shape index (κ3) is 2.09. The van der Waals surface area contributed by atoms with E-state index in [2.05, 4.69) is 52.8 Å². The van der Waals surface area contributed by atoms with E-state index in [0.717, 1.165) is 10.5 Å². The van der Waals surface area contributed by atoms with Gasteiger partial charge in [-0.3, -0.25) is 0 Å². The van der Waals surface area contributed by atoms with E-state index in [9.17, 15) is 0 Å². The fourth-order valence-electron chi connectivity index (χ4n) is 1.58. The Morgan fingerprint density at radius 1 is 1.18 bits per heavy atom. The first-order valence-electron chi connectivity index (χ1n) is 5.88. The van der Waals surface area contributed by atoms with Crippen LogP contribution >= 0.6 is 11.3 Å². The molecule has 2 aromatic rings. The van der Waals surface area contributed by atoms with Gasteiger partial charge < -0.3 is 5.73 Å². The number of aryl methyl sites for hydroxylation is 1. The van der Waals surface area contributed by atoms with Crippen LogP contribution < -0.4 is 5.73 Å². The van der Waals surface area contributed by atoms with Crippen LogP contribution in [0.1, 0.15) is 38.3 Å². The molecule has 2 nitrogen and oxygen atoms in total. The summed E-state index contributed by atoms with van der Waals surface area (Å²) >= 11 is 1.75. The molecule has 2 rings (SSSR count). The SMILES string of the molecule is Cc1ccc2sc(C(C)(C)C(C)(C)N)nc2c1. The summed E-state index contributed by atoms with van der Waals surface area (Å²) in [6.07, 6.45) is 0. The van der Waals surface area contributed by atoms with Crippen LogP contribution in [-0.4, -0.2) is 10.5 Å². The molecule has 0 saturated carbocycles. The maximum absolute atomic E-state index is 6.26. The molecule has 0 fully saturated rings. The molecule has 0 aliphatic heterocycles. The lowest BCUT2D eigenvalue weighted by atomic mass is 9.76. The highest BCUT2D eigenvalue weighted by molar-refractivity contribution is 7.18. The zero-order chi connectivity index (χ0) is 12.8. The van der Waals surface area contributed by atoms with Crippen LogP contribution in [0.25, 0.3) is 10.2 Å². The van der Waals surface area contributed by atoms with Crippen LogP contribution in [0.3, 0.4) is 0 Å². The maximum Gasteiger partial charge on any atom is 0.101 e. The molecule has 0 spiro atoms. The number of thiazole rings is 1. The molecule has 17 heavy (non-hydrogen) atoms. The monoisotopic (exact) mass is 248 g/mol. The van der Waals surface area contributed by atoms with E-state index in [4.69, 9.17) is 10.7 Å². The molecule has 92 valence electrons.